The monoisotopic (exact) mass is 372 g/mol. The van der Waals surface area contributed by atoms with E-state index in [4.69, 9.17) is 0 Å². The summed E-state index contributed by atoms with van der Waals surface area (Å²) in [6.07, 6.45) is 5.19. The number of rotatable bonds is 7. The highest BCUT2D eigenvalue weighted by molar-refractivity contribution is 5.88. The van der Waals surface area contributed by atoms with Gasteiger partial charge in [-0.05, 0) is 24.1 Å². The van der Waals surface area contributed by atoms with E-state index in [0.717, 1.165) is 16.6 Å². The van der Waals surface area contributed by atoms with Gasteiger partial charge in [0.25, 0.3) is 0 Å². The second kappa shape index (κ2) is 8.53. The molecule has 3 rings (SSSR count). The van der Waals surface area contributed by atoms with Crippen LogP contribution in [0.15, 0.2) is 84.8 Å². The summed E-state index contributed by atoms with van der Waals surface area (Å²) in [5.74, 6) is -0.0507. The van der Waals surface area contributed by atoms with Gasteiger partial charge in [-0.3, -0.25) is 9.59 Å². The fourth-order valence-corrected chi connectivity index (χ4v) is 3.40. The van der Waals surface area contributed by atoms with Crippen LogP contribution in [0.4, 0.5) is 0 Å². The number of carbonyl (C=O) groups excluding carboxylic acids is 1. The fraction of sp³-hybridized carbons (Fsp3) is 0.167. The topological polar surface area (TPSA) is 42.3 Å². The second-order valence-corrected chi connectivity index (χ2v) is 6.71. The molecule has 0 atom stereocenters. The smallest absolute Gasteiger partial charge is 0.243 e. The molecule has 4 heteroatoms. The van der Waals surface area contributed by atoms with Crippen LogP contribution in [-0.2, 0) is 11.3 Å². The number of aryl methyl sites for hydroxylation is 1. The van der Waals surface area contributed by atoms with E-state index in [9.17, 15) is 9.59 Å². The van der Waals surface area contributed by atoms with E-state index in [2.05, 4.69) is 13.2 Å². The summed E-state index contributed by atoms with van der Waals surface area (Å²) < 4.78 is 1.87. The van der Waals surface area contributed by atoms with Crippen molar-refractivity contribution in [3.63, 3.8) is 0 Å². The van der Waals surface area contributed by atoms with Crippen molar-refractivity contribution in [3.8, 4) is 11.1 Å². The number of hydrogen-bond donors (Lipinski definition) is 0. The molecule has 1 aromatic heterocycles. The molecule has 0 aliphatic heterocycles. The molecule has 2 aromatic carbocycles. The molecule has 0 aliphatic carbocycles. The number of pyridine rings is 1. The zero-order valence-corrected chi connectivity index (χ0v) is 16.1. The van der Waals surface area contributed by atoms with Gasteiger partial charge in [-0.15, -0.1) is 13.2 Å². The van der Waals surface area contributed by atoms with Crippen LogP contribution in [0, 0.1) is 6.92 Å². The van der Waals surface area contributed by atoms with Crippen LogP contribution < -0.4 is 5.43 Å². The molecule has 4 nitrogen and oxygen atoms in total. The lowest BCUT2D eigenvalue weighted by molar-refractivity contribution is -0.130. The fourth-order valence-electron chi connectivity index (χ4n) is 3.40. The predicted octanol–water partition coefficient (Wildman–Crippen LogP) is 4.18. The maximum Gasteiger partial charge on any atom is 0.243 e. The maximum absolute atomic E-state index is 13.2. The van der Waals surface area contributed by atoms with E-state index >= 15 is 0 Å². The SMILES string of the molecule is C=CCN(CC=C)C(=O)Cn1cc(-c2ccccc2)c(=O)c2c(C)cccc21. The zero-order chi connectivity index (χ0) is 20.1. The highest BCUT2D eigenvalue weighted by Crippen LogP contribution is 2.22. The van der Waals surface area contributed by atoms with E-state index in [0.29, 0.717) is 24.0 Å². The van der Waals surface area contributed by atoms with E-state index in [1.807, 2.05) is 60.0 Å². The lowest BCUT2D eigenvalue weighted by Crippen LogP contribution is -2.34. The molecule has 28 heavy (non-hydrogen) atoms. The van der Waals surface area contributed by atoms with Crippen molar-refractivity contribution >= 4 is 16.8 Å². The van der Waals surface area contributed by atoms with E-state index in [1.165, 1.54) is 0 Å². The Balaban J connectivity index is 2.16. The minimum Gasteiger partial charge on any atom is -0.337 e. The predicted molar refractivity (Wildman–Crippen MR) is 115 cm³/mol. The second-order valence-electron chi connectivity index (χ2n) is 6.71. The summed E-state index contributed by atoms with van der Waals surface area (Å²) in [7, 11) is 0. The molecule has 0 aliphatic rings. The first-order chi connectivity index (χ1) is 13.6. The summed E-state index contributed by atoms with van der Waals surface area (Å²) in [6.45, 7) is 10.4. The Morgan fingerprint density at radius 2 is 1.71 bits per heavy atom. The Bertz CT molecular complexity index is 1070. The Labute approximate surface area is 165 Å². The minimum atomic E-state index is -0.0507. The largest absolute Gasteiger partial charge is 0.337 e. The molecule has 1 heterocycles. The van der Waals surface area contributed by atoms with Crippen LogP contribution in [-0.4, -0.2) is 28.5 Å². The van der Waals surface area contributed by atoms with Crippen molar-refractivity contribution in [3.05, 3.63) is 95.8 Å². The normalized spacial score (nSPS) is 10.6. The van der Waals surface area contributed by atoms with Gasteiger partial charge >= 0.3 is 0 Å². The van der Waals surface area contributed by atoms with Gasteiger partial charge in [-0.2, -0.15) is 0 Å². The van der Waals surface area contributed by atoms with Gasteiger partial charge in [0.1, 0.15) is 6.54 Å². The average Bonchev–Trinajstić information content (AvgIpc) is 2.70. The molecular weight excluding hydrogens is 348 g/mol. The standard InChI is InChI=1S/C24H24N2O2/c1-4-14-25(15-5-2)22(27)17-26-16-20(19-11-7-6-8-12-19)24(28)23-18(3)10-9-13-21(23)26/h4-13,16H,1-2,14-15,17H2,3H3. The third-order valence-corrected chi connectivity index (χ3v) is 4.76. The molecule has 0 bridgehead atoms. The highest BCUT2D eigenvalue weighted by atomic mass is 16.2. The van der Waals surface area contributed by atoms with Crippen LogP contribution in [0.3, 0.4) is 0 Å². The first kappa shape index (κ1) is 19.4. The van der Waals surface area contributed by atoms with Crippen molar-refractivity contribution in [2.75, 3.05) is 13.1 Å². The molecular formula is C24H24N2O2. The van der Waals surface area contributed by atoms with Crippen LogP contribution in [0.2, 0.25) is 0 Å². The third-order valence-electron chi connectivity index (χ3n) is 4.76. The summed E-state index contributed by atoms with van der Waals surface area (Å²) in [5, 5.41) is 0.649. The molecule has 3 aromatic rings. The van der Waals surface area contributed by atoms with Gasteiger partial charge in [0.15, 0.2) is 5.43 Å². The van der Waals surface area contributed by atoms with Gasteiger partial charge in [0.05, 0.1) is 5.52 Å². The van der Waals surface area contributed by atoms with Gasteiger partial charge < -0.3 is 9.47 Å². The van der Waals surface area contributed by atoms with Crippen LogP contribution >= 0.6 is 0 Å². The summed E-state index contributed by atoms with van der Waals surface area (Å²) in [6, 6.07) is 15.3. The van der Waals surface area contributed by atoms with Crippen molar-refractivity contribution in [1.82, 2.24) is 9.47 Å². The van der Waals surface area contributed by atoms with Crippen molar-refractivity contribution in [1.29, 1.82) is 0 Å². The summed E-state index contributed by atoms with van der Waals surface area (Å²) in [4.78, 5) is 27.8. The highest BCUT2D eigenvalue weighted by Gasteiger charge is 2.16. The molecule has 1 amide bonds. The lowest BCUT2D eigenvalue weighted by atomic mass is 10.0. The number of hydrogen-bond acceptors (Lipinski definition) is 2. The Hall–Kier alpha value is -3.40. The maximum atomic E-state index is 13.2. The van der Waals surface area contributed by atoms with Crippen molar-refractivity contribution < 1.29 is 4.79 Å². The van der Waals surface area contributed by atoms with Gasteiger partial charge in [0, 0.05) is 30.2 Å². The van der Waals surface area contributed by atoms with Gasteiger partial charge in [0.2, 0.25) is 5.91 Å². The molecule has 0 fully saturated rings. The van der Waals surface area contributed by atoms with E-state index in [-0.39, 0.29) is 17.9 Å². The number of fused-ring (bicyclic) bond motifs is 1. The summed E-state index contributed by atoms with van der Waals surface area (Å²) >= 11 is 0. The summed E-state index contributed by atoms with van der Waals surface area (Å²) in [5.41, 5.74) is 3.07. The Morgan fingerprint density at radius 3 is 2.36 bits per heavy atom. The van der Waals surface area contributed by atoms with Gasteiger partial charge in [-0.25, -0.2) is 0 Å². The quantitative estimate of drug-likeness (QED) is 0.584. The first-order valence-corrected chi connectivity index (χ1v) is 9.24. The number of amides is 1. The van der Waals surface area contributed by atoms with Crippen LogP contribution in [0.5, 0.6) is 0 Å². The molecule has 0 N–H and O–H groups in total. The Kier molecular flexibility index (Phi) is 5.90. The van der Waals surface area contributed by atoms with Crippen LogP contribution in [0.25, 0.3) is 22.0 Å². The zero-order valence-electron chi connectivity index (χ0n) is 16.1. The lowest BCUT2D eigenvalue weighted by Gasteiger charge is -2.21. The average molecular weight is 372 g/mol. The molecule has 0 unspecified atom stereocenters. The molecule has 142 valence electrons. The van der Waals surface area contributed by atoms with Crippen LogP contribution in [0.1, 0.15) is 5.56 Å². The first-order valence-electron chi connectivity index (χ1n) is 9.24. The van der Waals surface area contributed by atoms with E-state index in [1.54, 1.807) is 23.2 Å². The number of aromatic nitrogens is 1. The number of benzene rings is 2. The number of nitrogens with zero attached hydrogens (tertiary/aromatic N) is 2. The Morgan fingerprint density at radius 1 is 1.04 bits per heavy atom. The third kappa shape index (κ3) is 3.81. The minimum absolute atomic E-state index is 0.0166. The molecule has 0 saturated carbocycles. The van der Waals surface area contributed by atoms with Crippen molar-refractivity contribution in [2.45, 2.75) is 13.5 Å². The molecule has 0 saturated heterocycles. The number of carbonyl (C=O) groups is 1. The van der Waals surface area contributed by atoms with E-state index < -0.39 is 0 Å². The molecule has 0 spiro atoms. The molecule has 0 radical (unpaired) electrons. The van der Waals surface area contributed by atoms with Gasteiger partial charge in [-0.1, -0.05) is 54.6 Å². The van der Waals surface area contributed by atoms with Crippen molar-refractivity contribution in [2.24, 2.45) is 0 Å².